The van der Waals surface area contributed by atoms with Gasteiger partial charge in [0.1, 0.15) is 22.3 Å². The largest absolute Gasteiger partial charge is 0.456 e. The van der Waals surface area contributed by atoms with Crippen LogP contribution >= 0.6 is 0 Å². The number of furan rings is 2. The van der Waals surface area contributed by atoms with E-state index in [9.17, 15) is 0 Å². The van der Waals surface area contributed by atoms with Crippen LogP contribution in [0.2, 0.25) is 0 Å². The summed E-state index contributed by atoms with van der Waals surface area (Å²) in [6, 6.07) is 71.7. The molecule has 266 valence electrons. The molecule has 3 heteroatoms. The molecule has 12 aromatic rings. The molecule has 0 saturated heterocycles. The highest BCUT2D eigenvalue weighted by atomic mass is 16.3. The van der Waals surface area contributed by atoms with Crippen molar-refractivity contribution in [3.05, 3.63) is 200 Å². The molecule has 0 fully saturated rings. The smallest absolute Gasteiger partial charge is 0.137 e. The summed E-state index contributed by atoms with van der Waals surface area (Å²) in [5.41, 5.74) is 11.3. The van der Waals surface area contributed by atoms with Gasteiger partial charge in [-0.05, 0) is 116 Å². The molecule has 57 heavy (non-hydrogen) atoms. The van der Waals surface area contributed by atoms with Crippen LogP contribution < -0.4 is 4.90 Å². The second-order valence-corrected chi connectivity index (χ2v) is 14.8. The van der Waals surface area contributed by atoms with E-state index in [0.29, 0.717) is 0 Å². The molecule has 0 aliphatic carbocycles. The third-order valence-electron chi connectivity index (χ3n) is 11.6. The zero-order valence-corrected chi connectivity index (χ0v) is 30.8. The van der Waals surface area contributed by atoms with E-state index in [1.165, 1.54) is 43.4 Å². The van der Waals surface area contributed by atoms with Gasteiger partial charge in [-0.15, -0.1) is 0 Å². The van der Waals surface area contributed by atoms with Gasteiger partial charge in [-0.3, -0.25) is 0 Å². The predicted octanol–water partition coefficient (Wildman–Crippen LogP) is 15.7. The molecule has 2 heterocycles. The second kappa shape index (κ2) is 12.5. The summed E-state index contributed by atoms with van der Waals surface area (Å²) in [6.07, 6.45) is 0. The fourth-order valence-corrected chi connectivity index (χ4v) is 8.98. The Labute approximate surface area is 328 Å². The van der Waals surface area contributed by atoms with E-state index in [1.807, 2.05) is 12.1 Å². The quantitative estimate of drug-likeness (QED) is 0.165. The van der Waals surface area contributed by atoms with Gasteiger partial charge >= 0.3 is 0 Å². The first kappa shape index (κ1) is 31.7. The van der Waals surface area contributed by atoms with E-state index in [2.05, 4.69) is 193 Å². The Balaban J connectivity index is 1.07. The zero-order chi connectivity index (χ0) is 37.5. The molecule has 0 amide bonds. The summed E-state index contributed by atoms with van der Waals surface area (Å²) in [5.74, 6) is 0. The van der Waals surface area contributed by atoms with Crippen LogP contribution in [0, 0.1) is 0 Å². The Morgan fingerprint density at radius 2 is 0.895 bits per heavy atom. The van der Waals surface area contributed by atoms with Crippen LogP contribution in [0.3, 0.4) is 0 Å². The molecule has 0 spiro atoms. The van der Waals surface area contributed by atoms with Crippen LogP contribution in [0.4, 0.5) is 17.1 Å². The van der Waals surface area contributed by atoms with Gasteiger partial charge in [-0.25, -0.2) is 0 Å². The molecule has 3 nitrogen and oxygen atoms in total. The van der Waals surface area contributed by atoms with Gasteiger partial charge in [0.2, 0.25) is 0 Å². The molecule has 0 unspecified atom stereocenters. The normalized spacial score (nSPS) is 11.9. The summed E-state index contributed by atoms with van der Waals surface area (Å²) in [6.45, 7) is 0. The van der Waals surface area contributed by atoms with Crippen molar-refractivity contribution in [1.29, 1.82) is 0 Å². The number of para-hydroxylation sites is 2. The first-order valence-electron chi connectivity index (χ1n) is 19.4. The van der Waals surface area contributed by atoms with Gasteiger partial charge < -0.3 is 13.7 Å². The molecule has 0 aliphatic rings. The van der Waals surface area contributed by atoms with Gasteiger partial charge in [-0.2, -0.15) is 0 Å². The molecule has 12 rings (SSSR count). The molecular weight excluding hydrogens is 695 g/mol. The summed E-state index contributed by atoms with van der Waals surface area (Å²) in [7, 11) is 0. The molecular formula is C54H33NO2. The summed E-state index contributed by atoms with van der Waals surface area (Å²) < 4.78 is 12.9. The monoisotopic (exact) mass is 727 g/mol. The van der Waals surface area contributed by atoms with Crippen LogP contribution in [0.15, 0.2) is 209 Å². The SMILES string of the molecule is c1ccc(N(c2ccc(-c3cc4ccccc4c4ccccc34)cc2)c2cccc3oc4ccccc4c23)c(-c2ccc3oc4cc5ccccc5cc4c3c2)c1. The topological polar surface area (TPSA) is 29.5 Å². The van der Waals surface area contributed by atoms with Gasteiger partial charge in [-0.1, -0.05) is 133 Å². The maximum atomic E-state index is 6.46. The Morgan fingerprint density at radius 1 is 0.298 bits per heavy atom. The maximum absolute atomic E-state index is 6.46. The Kier molecular flexibility index (Phi) is 6.93. The van der Waals surface area contributed by atoms with Crippen LogP contribution in [0.1, 0.15) is 0 Å². The molecule has 10 aromatic carbocycles. The number of benzene rings is 10. The third-order valence-corrected chi connectivity index (χ3v) is 11.6. The van der Waals surface area contributed by atoms with Gasteiger partial charge in [0, 0.05) is 27.4 Å². The number of nitrogens with zero attached hydrogens (tertiary/aromatic N) is 1. The van der Waals surface area contributed by atoms with Crippen molar-refractivity contribution >= 4 is 93.3 Å². The molecule has 0 bridgehead atoms. The molecule has 0 aliphatic heterocycles. The number of hydrogen-bond donors (Lipinski definition) is 0. The van der Waals surface area contributed by atoms with Crippen molar-refractivity contribution in [3.63, 3.8) is 0 Å². The highest BCUT2D eigenvalue weighted by Gasteiger charge is 2.23. The lowest BCUT2D eigenvalue weighted by Crippen LogP contribution is -2.11. The molecule has 0 radical (unpaired) electrons. The average molecular weight is 728 g/mol. The average Bonchev–Trinajstić information content (AvgIpc) is 3.84. The van der Waals surface area contributed by atoms with E-state index in [4.69, 9.17) is 8.83 Å². The lowest BCUT2D eigenvalue weighted by molar-refractivity contribution is 0.669. The van der Waals surface area contributed by atoms with Crippen LogP contribution in [-0.2, 0) is 0 Å². The Bertz CT molecular complexity index is 3530. The van der Waals surface area contributed by atoms with Crippen molar-refractivity contribution < 1.29 is 8.83 Å². The van der Waals surface area contributed by atoms with Gasteiger partial charge in [0.15, 0.2) is 0 Å². The lowest BCUT2D eigenvalue weighted by Gasteiger charge is -2.28. The van der Waals surface area contributed by atoms with Crippen LogP contribution in [0.25, 0.3) is 98.4 Å². The fraction of sp³-hybridized carbons (Fsp3) is 0. The number of rotatable bonds is 5. The maximum Gasteiger partial charge on any atom is 0.137 e. The predicted molar refractivity (Wildman–Crippen MR) is 239 cm³/mol. The number of hydrogen-bond acceptors (Lipinski definition) is 3. The number of fused-ring (bicyclic) bond motifs is 10. The first-order chi connectivity index (χ1) is 28.2. The first-order valence-corrected chi connectivity index (χ1v) is 19.4. The van der Waals surface area contributed by atoms with E-state index < -0.39 is 0 Å². The second-order valence-electron chi connectivity index (χ2n) is 14.8. The molecule has 0 saturated carbocycles. The van der Waals surface area contributed by atoms with Crippen LogP contribution in [-0.4, -0.2) is 0 Å². The fourth-order valence-electron chi connectivity index (χ4n) is 8.98. The van der Waals surface area contributed by atoms with E-state index >= 15 is 0 Å². The van der Waals surface area contributed by atoms with Crippen molar-refractivity contribution in [2.24, 2.45) is 0 Å². The minimum atomic E-state index is 0.856. The van der Waals surface area contributed by atoms with Crippen molar-refractivity contribution in [1.82, 2.24) is 0 Å². The highest BCUT2D eigenvalue weighted by molar-refractivity contribution is 6.16. The molecule has 0 atom stereocenters. The third kappa shape index (κ3) is 4.99. The Morgan fingerprint density at radius 3 is 1.75 bits per heavy atom. The minimum absolute atomic E-state index is 0.856. The minimum Gasteiger partial charge on any atom is -0.456 e. The highest BCUT2D eigenvalue weighted by Crippen LogP contribution is 2.47. The summed E-state index contributed by atoms with van der Waals surface area (Å²) in [4.78, 5) is 2.40. The standard InChI is InChI=1S/C54H33NO2/c1-2-13-36-33-53-47(30-35(36)12-1)46-32-38(26-29-51(46)57-53)41-16-7-9-20-48(41)55(49-21-11-23-52-54(49)44-19-8-10-22-50(44)56-52)39-27-24-34(25-28-39)45-31-37-14-3-4-15-40(37)42-17-5-6-18-43(42)45/h1-33H. The Hall–Kier alpha value is -7.62. The zero-order valence-electron chi connectivity index (χ0n) is 30.8. The van der Waals surface area contributed by atoms with Crippen LogP contribution in [0.5, 0.6) is 0 Å². The van der Waals surface area contributed by atoms with E-state index in [-0.39, 0.29) is 0 Å². The van der Waals surface area contributed by atoms with Gasteiger partial charge in [0.05, 0.1) is 16.8 Å². The van der Waals surface area contributed by atoms with Crippen molar-refractivity contribution in [2.45, 2.75) is 0 Å². The van der Waals surface area contributed by atoms with Crippen molar-refractivity contribution in [2.75, 3.05) is 4.90 Å². The number of anilines is 3. The van der Waals surface area contributed by atoms with E-state index in [0.717, 1.165) is 72.1 Å². The molecule has 2 aromatic heterocycles. The van der Waals surface area contributed by atoms with Crippen molar-refractivity contribution in [3.8, 4) is 22.3 Å². The van der Waals surface area contributed by atoms with E-state index in [1.54, 1.807) is 0 Å². The summed E-state index contributed by atoms with van der Waals surface area (Å²) >= 11 is 0. The van der Waals surface area contributed by atoms with Gasteiger partial charge in [0.25, 0.3) is 0 Å². The molecule has 0 N–H and O–H groups in total. The summed E-state index contributed by atoms with van der Waals surface area (Å²) in [5, 5.41) is 11.8. The lowest BCUT2D eigenvalue weighted by atomic mass is 9.93.